The van der Waals surface area contributed by atoms with Gasteiger partial charge in [-0.25, -0.2) is 15.0 Å². The molecule has 0 radical (unpaired) electrons. The largest absolute Gasteiger partial charge is 0.455 e. The second kappa shape index (κ2) is 11.9. The minimum atomic E-state index is 0.593. The highest BCUT2D eigenvalue weighted by Crippen LogP contribution is 2.42. The van der Waals surface area contributed by atoms with Crippen LogP contribution in [0, 0.1) is 0 Å². The lowest BCUT2D eigenvalue weighted by atomic mass is 9.97. The first-order valence-corrected chi connectivity index (χ1v) is 17.1. The number of hydrogen-bond acceptors (Lipinski definition) is 4. The molecule has 2 heterocycles. The van der Waals surface area contributed by atoms with E-state index in [-0.39, 0.29) is 0 Å². The van der Waals surface area contributed by atoms with Gasteiger partial charge < -0.3 is 4.42 Å². The molecule has 8 aromatic carbocycles. The Bertz CT molecular complexity index is 2890. The van der Waals surface area contributed by atoms with E-state index in [4.69, 9.17) is 19.4 Å². The van der Waals surface area contributed by atoms with Crippen molar-refractivity contribution < 1.29 is 4.42 Å². The lowest BCUT2D eigenvalue weighted by Crippen LogP contribution is -2.00. The zero-order chi connectivity index (χ0) is 33.7. The van der Waals surface area contributed by atoms with Crippen LogP contribution in [0.25, 0.3) is 99.9 Å². The summed E-state index contributed by atoms with van der Waals surface area (Å²) in [4.78, 5) is 15.4. The highest BCUT2D eigenvalue weighted by atomic mass is 16.3. The van der Waals surface area contributed by atoms with Crippen molar-refractivity contribution in [1.29, 1.82) is 0 Å². The molecular formula is C47H29N3O. The third kappa shape index (κ3) is 5.04. The smallest absolute Gasteiger partial charge is 0.164 e. The highest BCUT2D eigenvalue weighted by Gasteiger charge is 2.21. The summed E-state index contributed by atoms with van der Waals surface area (Å²) in [6.45, 7) is 0. The van der Waals surface area contributed by atoms with E-state index in [2.05, 4.69) is 140 Å². The van der Waals surface area contributed by atoms with Gasteiger partial charge in [0.2, 0.25) is 0 Å². The zero-order valence-electron chi connectivity index (χ0n) is 27.5. The van der Waals surface area contributed by atoms with Crippen LogP contribution in [-0.4, -0.2) is 15.0 Å². The SMILES string of the molecule is c1ccc(-c2cc(-c3nc(-c4ccccc4)nc(-c4ccc(-c5cccc6ccccc56)cc4)n3)c3c(c2)oc2c4ccccc4ccc23)cc1. The van der Waals surface area contributed by atoms with Crippen LogP contribution in [0.5, 0.6) is 0 Å². The number of furan rings is 1. The topological polar surface area (TPSA) is 51.8 Å². The van der Waals surface area contributed by atoms with E-state index in [1.807, 2.05) is 36.4 Å². The minimum absolute atomic E-state index is 0.593. The molecule has 4 nitrogen and oxygen atoms in total. The van der Waals surface area contributed by atoms with Crippen molar-refractivity contribution in [3.8, 4) is 56.4 Å². The van der Waals surface area contributed by atoms with E-state index in [1.165, 1.54) is 16.3 Å². The summed E-state index contributed by atoms with van der Waals surface area (Å²) in [5.41, 5.74) is 8.84. The summed E-state index contributed by atoms with van der Waals surface area (Å²) in [5.74, 6) is 1.82. The molecule has 10 rings (SSSR count). The average Bonchev–Trinajstić information content (AvgIpc) is 3.60. The van der Waals surface area contributed by atoms with Gasteiger partial charge in [0.05, 0.1) is 0 Å². The third-order valence-electron chi connectivity index (χ3n) is 9.72. The number of nitrogens with zero attached hydrogens (tertiary/aromatic N) is 3. The summed E-state index contributed by atoms with van der Waals surface area (Å²) in [6.07, 6.45) is 0. The molecule has 0 bridgehead atoms. The standard InChI is InChI=1S/C47H29N3O/c1-3-12-30(13-4-1)36-28-41(43-40-27-26-32-15-8-10-20-39(32)44(40)51-42(43)29-36)47-49-45(34-16-5-2-6-17-34)48-46(50-47)35-24-22-33(23-25-35)38-21-11-18-31-14-7-9-19-37(31)38/h1-29H. The lowest BCUT2D eigenvalue weighted by Gasteiger charge is -2.12. The van der Waals surface area contributed by atoms with Gasteiger partial charge in [0.25, 0.3) is 0 Å². The van der Waals surface area contributed by atoms with E-state index in [0.29, 0.717) is 17.5 Å². The molecule has 10 aromatic rings. The van der Waals surface area contributed by atoms with Gasteiger partial charge in [-0.15, -0.1) is 0 Å². The number of benzene rings is 8. The Kier molecular flexibility index (Phi) is 6.78. The van der Waals surface area contributed by atoms with Gasteiger partial charge in [-0.3, -0.25) is 0 Å². The summed E-state index contributed by atoms with van der Waals surface area (Å²) in [5, 5.41) is 6.67. The number of aromatic nitrogens is 3. The maximum Gasteiger partial charge on any atom is 0.164 e. The zero-order valence-corrected chi connectivity index (χ0v) is 27.5. The number of fused-ring (bicyclic) bond motifs is 6. The molecular weight excluding hydrogens is 623 g/mol. The van der Waals surface area contributed by atoms with Gasteiger partial charge in [-0.05, 0) is 56.6 Å². The van der Waals surface area contributed by atoms with Gasteiger partial charge in [0, 0.05) is 32.8 Å². The van der Waals surface area contributed by atoms with Gasteiger partial charge in [0.1, 0.15) is 11.2 Å². The van der Waals surface area contributed by atoms with Gasteiger partial charge in [-0.2, -0.15) is 0 Å². The van der Waals surface area contributed by atoms with E-state index in [9.17, 15) is 0 Å². The van der Waals surface area contributed by atoms with Crippen LogP contribution in [0.3, 0.4) is 0 Å². The summed E-state index contributed by atoms with van der Waals surface area (Å²) >= 11 is 0. The number of rotatable bonds is 5. The molecule has 0 saturated carbocycles. The monoisotopic (exact) mass is 651 g/mol. The van der Waals surface area contributed by atoms with Crippen molar-refractivity contribution in [2.75, 3.05) is 0 Å². The molecule has 0 saturated heterocycles. The minimum Gasteiger partial charge on any atom is -0.455 e. The average molecular weight is 652 g/mol. The maximum absolute atomic E-state index is 6.73. The Morgan fingerprint density at radius 2 is 0.902 bits per heavy atom. The molecule has 0 atom stereocenters. The molecule has 0 aliphatic carbocycles. The first-order chi connectivity index (χ1) is 25.3. The first kappa shape index (κ1) is 29.0. The van der Waals surface area contributed by atoms with Crippen molar-refractivity contribution >= 4 is 43.5 Å². The van der Waals surface area contributed by atoms with E-state index in [1.54, 1.807) is 0 Å². The van der Waals surface area contributed by atoms with Crippen LogP contribution in [0.2, 0.25) is 0 Å². The van der Waals surface area contributed by atoms with Crippen molar-refractivity contribution in [2.45, 2.75) is 0 Å². The molecule has 0 fully saturated rings. The van der Waals surface area contributed by atoms with Crippen LogP contribution in [0.15, 0.2) is 180 Å². The van der Waals surface area contributed by atoms with Crippen LogP contribution < -0.4 is 0 Å². The Morgan fingerprint density at radius 3 is 1.65 bits per heavy atom. The quantitative estimate of drug-likeness (QED) is 0.186. The van der Waals surface area contributed by atoms with Crippen molar-refractivity contribution in [1.82, 2.24) is 15.0 Å². The van der Waals surface area contributed by atoms with Gasteiger partial charge in [0.15, 0.2) is 17.5 Å². The molecule has 238 valence electrons. The van der Waals surface area contributed by atoms with Crippen LogP contribution >= 0.6 is 0 Å². The van der Waals surface area contributed by atoms with Crippen molar-refractivity contribution in [3.05, 3.63) is 176 Å². The Labute approximate surface area is 294 Å². The summed E-state index contributed by atoms with van der Waals surface area (Å²) in [7, 11) is 0. The molecule has 4 heteroatoms. The Hall–Kier alpha value is -6.91. The first-order valence-electron chi connectivity index (χ1n) is 17.1. The second-order valence-corrected chi connectivity index (χ2v) is 12.8. The fourth-order valence-electron chi connectivity index (χ4n) is 7.22. The van der Waals surface area contributed by atoms with E-state index < -0.39 is 0 Å². The molecule has 0 N–H and O–H groups in total. The van der Waals surface area contributed by atoms with E-state index >= 15 is 0 Å². The molecule has 0 spiro atoms. The van der Waals surface area contributed by atoms with Crippen LogP contribution in [0.1, 0.15) is 0 Å². The normalized spacial score (nSPS) is 11.5. The molecule has 2 aromatic heterocycles. The fourth-order valence-corrected chi connectivity index (χ4v) is 7.22. The third-order valence-corrected chi connectivity index (χ3v) is 9.72. The molecule has 51 heavy (non-hydrogen) atoms. The van der Waals surface area contributed by atoms with Gasteiger partial charge in [-0.1, -0.05) is 158 Å². The van der Waals surface area contributed by atoms with Crippen molar-refractivity contribution in [3.63, 3.8) is 0 Å². The predicted octanol–water partition coefficient (Wildman–Crippen LogP) is 12.4. The molecule has 0 aliphatic rings. The summed E-state index contributed by atoms with van der Waals surface area (Å²) in [6, 6.07) is 61.0. The lowest BCUT2D eigenvalue weighted by molar-refractivity contribution is 0.673. The fraction of sp³-hybridized carbons (Fsp3) is 0. The second-order valence-electron chi connectivity index (χ2n) is 12.8. The van der Waals surface area contributed by atoms with Crippen molar-refractivity contribution in [2.24, 2.45) is 0 Å². The Balaban J connectivity index is 1.21. The van der Waals surface area contributed by atoms with Gasteiger partial charge >= 0.3 is 0 Å². The van der Waals surface area contributed by atoms with Crippen LogP contribution in [-0.2, 0) is 0 Å². The highest BCUT2D eigenvalue weighted by molar-refractivity contribution is 6.19. The molecule has 0 amide bonds. The van der Waals surface area contributed by atoms with Crippen LogP contribution in [0.4, 0.5) is 0 Å². The maximum atomic E-state index is 6.73. The summed E-state index contributed by atoms with van der Waals surface area (Å²) < 4.78 is 6.73. The molecule has 0 unspecified atom stereocenters. The number of hydrogen-bond donors (Lipinski definition) is 0. The Morgan fingerprint density at radius 1 is 0.333 bits per heavy atom. The predicted molar refractivity (Wildman–Crippen MR) is 209 cm³/mol. The molecule has 0 aliphatic heterocycles. The van der Waals surface area contributed by atoms with E-state index in [0.717, 1.165) is 66.1 Å².